The Morgan fingerprint density at radius 1 is 1.08 bits per heavy atom. The molecule has 1 aliphatic carbocycles. The number of pyridine rings is 1. The second-order valence-electron chi connectivity index (χ2n) is 10.6. The second kappa shape index (κ2) is 10.8. The summed E-state index contributed by atoms with van der Waals surface area (Å²) in [5.41, 5.74) is 3.49. The van der Waals surface area contributed by atoms with Crippen molar-refractivity contribution in [3.8, 4) is 17.0 Å². The highest BCUT2D eigenvalue weighted by atomic mass is 35.5. The van der Waals surface area contributed by atoms with E-state index < -0.39 is 5.60 Å². The standard InChI is InChI=1S/C30H33ClN4O3/c1-30(2,37)22-10-12-23(13-11-22)34-29(36)21-8-6-20(7-9-21)27-25-16-33-35(28(25)26(31)17-32-27)18-19-4-14-24(38-3)15-5-19/h4-9,14-17,22-23,37H,10-13,18H2,1-3H3,(H,34,36). The third kappa shape index (κ3) is 5.54. The van der Waals surface area contributed by atoms with Crippen LogP contribution in [0.4, 0.5) is 0 Å². The molecule has 7 nitrogen and oxygen atoms in total. The van der Waals surface area contributed by atoms with E-state index in [1.807, 2.05) is 67.1 Å². The quantitative estimate of drug-likeness (QED) is 0.311. The van der Waals surface area contributed by atoms with Gasteiger partial charge in [-0.05, 0) is 75.3 Å². The monoisotopic (exact) mass is 532 g/mol. The van der Waals surface area contributed by atoms with Crippen LogP contribution >= 0.6 is 11.6 Å². The highest BCUT2D eigenvalue weighted by Gasteiger charge is 2.31. The van der Waals surface area contributed by atoms with E-state index in [1.54, 1.807) is 19.5 Å². The number of hydrogen-bond acceptors (Lipinski definition) is 5. The zero-order valence-corrected chi connectivity index (χ0v) is 22.7. The van der Waals surface area contributed by atoms with E-state index in [-0.39, 0.29) is 17.9 Å². The van der Waals surface area contributed by atoms with Gasteiger partial charge in [0.15, 0.2) is 0 Å². The first-order valence-electron chi connectivity index (χ1n) is 13.0. The van der Waals surface area contributed by atoms with Gasteiger partial charge in [0.1, 0.15) is 5.75 Å². The summed E-state index contributed by atoms with van der Waals surface area (Å²) in [5.74, 6) is 1.00. The van der Waals surface area contributed by atoms with Gasteiger partial charge in [-0.15, -0.1) is 0 Å². The molecule has 0 radical (unpaired) electrons. The molecule has 2 N–H and O–H groups in total. The summed E-state index contributed by atoms with van der Waals surface area (Å²) < 4.78 is 7.12. The molecule has 2 heterocycles. The van der Waals surface area contributed by atoms with Crippen molar-refractivity contribution in [1.82, 2.24) is 20.1 Å². The Hall–Kier alpha value is -3.42. The molecule has 1 saturated carbocycles. The van der Waals surface area contributed by atoms with E-state index in [0.29, 0.717) is 17.1 Å². The fourth-order valence-electron chi connectivity index (χ4n) is 5.31. The summed E-state index contributed by atoms with van der Waals surface area (Å²) in [6.45, 7) is 4.30. The van der Waals surface area contributed by atoms with Crippen LogP contribution in [0.5, 0.6) is 5.75 Å². The van der Waals surface area contributed by atoms with Gasteiger partial charge in [-0.3, -0.25) is 14.5 Å². The third-order valence-electron chi connectivity index (χ3n) is 7.60. The molecule has 0 aliphatic heterocycles. The number of rotatable bonds is 7. The average molecular weight is 533 g/mol. The van der Waals surface area contributed by atoms with E-state index in [2.05, 4.69) is 15.4 Å². The van der Waals surface area contributed by atoms with Crippen LogP contribution < -0.4 is 10.1 Å². The predicted molar refractivity (Wildman–Crippen MR) is 150 cm³/mol. The third-order valence-corrected chi connectivity index (χ3v) is 7.88. The predicted octanol–water partition coefficient (Wildman–Crippen LogP) is 5.87. The summed E-state index contributed by atoms with van der Waals surface area (Å²) >= 11 is 6.56. The van der Waals surface area contributed by atoms with Gasteiger partial charge in [-0.2, -0.15) is 5.10 Å². The summed E-state index contributed by atoms with van der Waals surface area (Å²) in [6, 6.07) is 15.5. The van der Waals surface area contributed by atoms with Crippen LogP contribution in [0.3, 0.4) is 0 Å². The van der Waals surface area contributed by atoms with Crippen molar-refractivity contribution >= 4 is 28.4 Å². The molecule has 4 aromatic rings. The van der Waals surface area contributed by atoms with Gasteiger partial charge in [0.2, 0.25) is 0 Å². The van der Waals surface area contributed by atoms with Gasteiger partial charge in [-0.1, -0.05) is 35.9 Å². The molecule has 5 rings (SSSR count). The maximum Gasteiger partial charge on any atom is 0.251 e. The first kappa shape index (κ1) is 26.2. The number of aliphatic hydroxyl groups is 1. The maximum absolute atomic E-state index is 12.9. The van der Waals surface area contributed by atoms with Crippen molar-refractivity contribution in [2.24, 2.45) is 5.92 Å². The molecular weight excluding hydrogens is 500 g/mol. The SMILES string of the molecule is COc1ccc(Cn2ncc3c(-c4ccc(C(=O)NC5CCC(C(C)(C)O)CC5)cc4)ncc(Cl)c32)cc1. The average Bonchev–Trinajstić information content (AvgIpc) is 3.34. The molecule has 8 heteroatoms. The Bertz CT molecular complexity index is 1420. The molecule has 0 spiro atoms. The number of amides is 1. The molecule has 0 atom stereocenters. The Morgan fingerprint density at radius 3 is 2.39 bits per heavy atom. The Labute approximate surface area is 227 Å². The van der Waals surface area contributed by atoms with Gasteiger partial charge in [0.05, 0.1) is 41.7 Å². The minimum absolute atomic E-state index is 0.0789. The lowest BCUT2D eigenvalue weighted by Crippen LogP contribution is -2.41. The summed E-state index contributed by atoms with van der Waals surface area (Å²) in [4.78, 5) is 17.5. The zero-order valence-electron chi connectivity index (χ0n) is 21.9. The molecule has 1 fully saturated rings. The molecular formula is C30H33ClN4O3. The topological polar surface area (TPSA) is 89.3 Å². The molecule has 2 aromatic heterocycles. The van der Waals surface area contributed by atoms with E-state index in [4.69, 9.17) is 16.3 Å². The molecule has 38 heavy (non-hydrogen) atoms. The van der Waals surface area contributed by atoms with E-state index in [9.17, 15) is 9.90 Å². The first-order valence-corrected chi connectivity index (χ1v) is 13.4. The number of hydrogen-bond donors (Lipinski definition) is 2. The smallest absolute Gasteiger partial charge is 0.251 e. The molecule has 1 amide bonds. The first-order chi connectivity index (χ1) is 18.2. The number of methoxy groups -OCH3 is 1. The highest BCUT2D eigenvalue weighted by molar-refractivity contribution is 6.35. The van der Waals surface area contributed by atoms with Crippen LogP contribution in [-0.2, 0) is 6.54 Å². The van der Waals surface area contributed by atoms with E-state index in [1.165, 1.54) is 0 Å². The number of nitrogens with zero attached hydrogens (tertiary/aromatic N) is 3. The van der Waals surface area contributed by atoms with E-state index >= 15 is 0 Å². The Balaban J connectivity index is 1.31. The summed E-state index contributed by atoms with van der Waals surface area (Å²) in [5, 5.41) is 19.4. The zero-order chi connectivity index (χ0) is 26.9. The minimum atomic E-state index is -0.669. The number of fused-ring (bicyclic) bond motifs is 1. The van der Waals surface area contributed by atoms with Crippen LogP contribution in [0.2, 0.25) is 5.02 Å². The van der Waals surface area contributed by atoms with Crippen LogP contribution in [0.1, 0.15) is 55.5 Å². The molecule has 0 saturated heterocycles. The fourth-order valence-corrected chi connectivity index (χ4v) is 5.56. The number of carbonyl (C=O) groups is 1. The van der Waals surface area contributed by atoms with Gasteiger partial charge in [-0.25, -0.2) is 0 Å². The number of benzene rings is 2. The number of halogens is 1. The maximum atomic E-state index is 12.9. The largest absolute Gasteiger partial charge is 0.497 e. The minimum Gasteiger partial charge on any atom is -0.497 e. The van der Waals surface area contributed by atoms with Gasteiger partial charge < -0.3 is 15.2 Å². The lowest BCUT2D eigenvalue weighted by Gasteiger charge is -2.36. The highest BCUT2D eigenvalue weighted by Crippen LogP contribution is 2.33. The van der Waals surface area contributed by atoms with E-state index in [0.717, 1.165) is 59.2 Å². The molecule has 0 unspecified atom stereocenters. The number of aromatic nitrogens is 3. The van der Waals surface area contributed by atoms with Crippen molar-refractivity contribution in [3.05, 3.63) is 77.1 Å². The molecule has 0 bridgehead atoms. The lowest BCUT2D eigenvalue weighted by molar-refractivity contribution is -0.00257. The van der Waals surface area contributed by atoms with Crippen molar-refractivity contribution in [2.45, 2.75) is 57.7 Å². The van der Waals surface area contributed by atoms with Crippen LogP contribution in [0.15, 0.2) is 60.9 Å². The number of ether oxygens (including phenoxy) is 1. The molecule has 2 aromatic carbocycles. The molecule has 198 valence electrons. The van der Waals surface area contributed by atoms with Gasteiger partial charge >= 0.3 is 0 Å². The van der Waals surface area contributed by atoms with Crippen LogP contribution in [0.25, 0.3) is 22.2 Å². The molecule has 1 aliphatic rings. The van der Waals surface area contributed by atoms with Gasteiger partial charge in [0.25, 0.3) is 5.91 Å². The fraction of sp³-hybridized carbons (Fsp3) is 0.367. The van der Waals surface area contributed by atoms with Crippen LogP contribution in [0, 0.1) is 5.92 Å². The number of carbonyl (C=O) groups excluding carboxylic acids is 1. The lowest BCUT2D eigenvalue weighted by atomic mass is 9.77. The van der Waals surface area contributed by atoms with Crippen molar-refractivity contribution in [1.29, 1.82) is 0 Å². The summed E-state index contributed by atoms with van der Waals surface area (Å²) in [6.07, 6.45) is 7.03. The van der Waals surface area contributed by atoms with Crippen molar-refractivity contribution < 1.29 is 14.6 Å². The Kier molecular flexibility index (Phi) is 7.41. The van der Waals surface area contributed by atoms with Gasteiger partial charge in [0, 0.05) is 28.8 Å². The number of nitrogens with one attached hydrogen (secondary N) is 1. The Morgan fingerprint density at radius 2 is 1.76 bits per heavy atom. The van der Waals surface area contributed by atoms with Crippen molar-refractivity contribution in [3.63, 3.8) is 0 Å². The summed E-state index contributed by atoms with van der Waals surface area (Å²) in [7, 11) is 1.65. The van der Waals surface area contributed by atoms with Crippen LogP contribution in [-0.4, -0.2) is 44.5 Å². The second-order valence-corrected chi connectivity index (χ2v) is 11.0. The normalized spacial score (nSPS) is 17.9. The van der Waals surface area contributed by atoms with Crippen molar-refractivity contribution in [2.75, 3.05) is 7.11 Å².